The van der Waals surface area contributed by atoms with E-state index in [1.165, 1.54) is 35.8 Å². The number of carbonyl (C=O) groups excluding carboxylic acids is 2. The van der Waals surface area contributed by atoms with E-state index in [4.69, 9.17) is 28.4 Å². The van der Waals surface area contributed by atoms with Crippen LogP contribution in [0.25, 0.3) is 42.2 Å². The molecule has 0 radical (unpaired) electrons. The van der Waals surface area contributed by atoms with Gasteiger partial charge < -0.3 is 39.1 Å². The van der Waals surface area contributed by atoms with Crippen LogP contribution in [-0.2, 0) is 22.4 Å². The number of thiazole rings is 2. The minimum absolute atomic E-state index is 0.0330. The fourth-order valence-corrected chi connectivity index (χ4v) is 9.09. The first-order chi connectivity index (χ1) is 33.7. The van der Waals surface area contributed by atoms with Crippen molar-refractivity contribution in [2.24, 2.45) is 0 Å². The molecule has 0 aliphatic heterocycles. The average Bonchev–Trinajstić information content (AvgIpc) is 3.95. The third-order valence-corrected chi connectivity index (χ3v) is 12.4. The van der Waals surface area contributed by atoms with Gasteiger partial charge in [-0.1, -0.05) is 83.3 Å². The largest absolute Gasteiger partial charge is 0.493 e. The Morgan fingerprint density at radius 2 is 0.971 bits per heavy atom. The summed E-state index contributed by atoms with van der Waals surface area (Å²) in [6.45, 7) is 0. The topological polar surface area (TPSA) is 165 Å². The second-order valence-electron chi connectivity index (χ2n) is 15.1. The number of hydrogen-bond donors (Lipinski definition) is 2. The summed E-state index contributed by atoms with van der Waals surface area (Å²) in [5.41, 5.74) is 4.42. The van der Waals surface area contributed by atoms with Crippen LogP contribution in [0.4, 0.5) is 14.7 Å². The van der Waals surface area contributed by atoms with Crippen molar-refractivity contribution in [3.63, 3.8) is 0 Å². The molecule has 69 heavy (non-hydrogen) atoms. The predicted octanol–water partition coefficient (Wildman–Crippen LogP) is 11.8. The lowest BCUT2D eigenvalue weighted by Gasteiger charge is -2.12. The molecule has 0 aliphatic carbocycles. The summed E-state index contributed by atoms with van der Waals surface area (Å²) in [6.07, 6.45) is 3.79. The normalized spacial score (nSPS) is 10.9. The van der Waals surface area contributed by atoms with E-state index in [2.05, 4.69) is 30.6 Å². The molecule has 6 aromatic carbocycles. The number of anilines is 2. The van der Waals surface area contributed by atoms with Crippen LogP contribution in [-0.4, -0.2) is 60.2 Å². The smallest absolute Gasteiger partial charge is 0.230 e. The van der Waals surface area contributed by atoms with Gasteiger partial charge in [-0.15, -0.1) is 0 Å². The molecule has 17 heteroatoms. The van der Waals surface area contributed by atoms with Crippen LogP contribution >= 0.6 is 22.7 Å². The summed E-state index contributed by atoms with van der Waals surface area (Å²) < 4.78 is 50.2. The molecular formula is C52H41FN6O8S2. The van der Waals surface area contributed by atoms with E-state index in [-0.39, 0.29) is 24.0 Å². The number of methoxy groups -OCH3 is 4. The van der Waals surface area contributed by atoms with Gasteiger partial charge in [0.05, 0.1) is 72.7 Å². The lowest BCUT2D eigenvalue weighted by Crippen LogP contribution is -2.13. The van der Waals surface area contributed by atoms with E-state index >= 15 is 0 Å². The third kappa shape index (κ3) is 10.6. The molecule has 0 atom stereocenters. The molecule has 346 valence electrons. The Kier molecular flexibility index (Phi) is 13.7. The molecule has 4 heterocycles. The van der Waals surface area contributed by atoms with Crippen molar-refractivity contribution in [3.8, 4) is 46.0 Å². The highest BCUT2D eigenvalue weighted by Gasteiger charge is 2.18. The Balaban J connectivity index is 0.000000172. The van der Waals surface area contributed by atoms with Crippen LogP contribution in [0.2, 0.25) is 0 Å². The van der Waals surface area contributed by atoms with Crippen molar-refractivity contribution in [1.29, 1.82) is 0 Å². The van der Waals surface area contributed by atoms with Gasteiger partial charge in [0.25, 0.3) is 0 Å². The summed E-state index contributed by atoms with van der Waals surface area (Å²) in [7, 11) is 6.26. The van der Waals surface area contributed by atoms with Gasteiger partial charge in [0.2, 0.25) is 11.8 Å². The molecule has 0 saturated carbocycles. The van der Waals surface area contributed by atoms with Crippen LogP contribution in [0.15, 0.2) is 140 Å². The van der Waals surface area contributed by atoms with Crippen LogP contribution in [0, 0.1) is 5.82 Å². The number of nitrogens with zero attached hydrogens (tertiary/aromatic N) is 4. The minimum atomic E-state index is -0.574. The van der Waals surface area contributed by atoms with Crippen molar-refractivity contribution in [2.45, 2.75) is 12.8 Å². The SMILES string of the molecule is COc1cc2nccc(Oc3cc4sc(NC(=O)Cc5ccccc5)nc4cc3F)c2cc1OC.COc1cc2nccc(Oc3ccc4nc(NC(=O)Cc5ccccc5)sc4c3)c2cc1OC. The molecule has 0 spiro atoms. The molecule has 2 amide bonds. The lowest BCUT2D eigenvalue weighted by molar-refractivity contribution is -0.116. The average molecular weight is 961 g/mol. The van der Waals surface area contributed by atoms with Gasteiger partial charge >= 0.3 is 0 Å². The fraction of sp³-hybridized carbons (Fsp3) is 0.115. The highest BCUT2D eigenvalue weighted by atomic mass is 32.1. The zero-order valence-corrected chi connectivity index (χ0v) is 39.1. The Morgan fingerprint density at radius 1 is 0.493 bits per heavy atom. The molecule has 0 bridgehead atoms. The van der Waals surface area contributed by atoms with Gasteiger partial charge in [-0.3, -0.25) is 19.6 Å². The summed E-state index contributed by atoms with van der Waals surface area (Å²) in [4.78, 5) is 42.4. The maximum absolute atomic E-state index is 14.9. The zero-order chi connectivity index (χ0) is 47.9. The highest BCUT2D eigenvalue weighted by molar-refractivity contribution is 7.22. The monoisotopic (exact) mass is 960 g/mol. The van der Waals surface area contributed by atoms with Crippen LogP contribution < -0.4 is 39.1 Å². The van der Waals surface area contributed by atoms with E-state index in [9.17, 15) is 14.0 Å². The first kappa shape index (κ1) is 45.7. The molecule has 0 fully saturated rings. The lowest BCUT2D eigenvalue weighted by atomic mass is 10.1. The summed E-state index contributed by atoms with van der Waals surface area (Å²) >= 11 is 2.65. The van der Waals surface area contributed by atoms with Crippen molar-refractivity contribution in [3.05, 3.63) is 157 Å². The van der Waals surface area contributed by atoms with Crippen LogP contribution in [0.1, 0.15) is 11.1 Å². The number of ether oxygens (including phenoxy) is 6. The highest BCUT2D eigenvalue weighted by Crippen LogP contribution is 2.40. The number of pyridine rings is 2. The van der Waals surface area contributed by atoms with E-state index in [1.807, 2.05) is 91.0 Å². The van der Waals surface area contributed by atoms with Gasteiger partial charge in [0, 0.05) is 53.5 Å². The number of halogens is 1. The first-order valence-corrected chi connectivity index (χ1v) is 22.9. The summed E-state index contributed by atoms with van der Waals surface area (Å²) in [5, 5.41) is 8.07. The first-order valence-electron chi connectivity index (χ1n) is 21.2. The molecule has 0 aliphatic rings. The number of hydrogen-bond acceptors (Lipinski definition) is 14. The second kappa shape index (κ2) is 20.6. The van der Waals surface area contributed by atoms with Crippen molar-refractivity contribution >= 4 is 87.0 Å². The Hall–Kier alpha value is -8.41. The molecule has 0 unspecified atom stereocenters. The van der Waals surface area contributed by atoms with Crippen molar-refractivity contribution in [1.82, 2.24) is 19.9 Å². The molecule has 10 aromatic rings. The van der Waals surface area contributed by atoms with Gasteiger partial charge in [-0.25, -0.2) is 14.4 Å². The standard InChI is InChI=1S/C26H20FN3O4S.C26H21N3O4S/c1-32-22-11-16-18(13-23(22)33-2)28-9-8-20(16)34-21-14-24-19(12-17(21)27)29-26(35-24)30-25(31)10-15-6-4-3-5-7-15;1-31-22-14-18-20(15-23(22)32-2)27-11-10-21(18)33-17-8-9-19-24(13-17)34-26(28-19)29-25(30)12-16-6-4-3-5-7-16/h3-9,11-14H,10H2,1-2H3,(H,29,30,31);3-11,13-15H,12H2,1-2H3,(H,28,29,30). The second-order valence-corrected chi connectivity index (χ2v) is 17.2. The number of rotatable bonds is 14. The molecule has 0 saturated heterocycles. The third-order valence-electron chi connectivity index (χ3n) is 10.6. The van der Waals surface area contributed by atoms with Crippen LogP contribution in [0.3, 0.4) is 0 Å². The van der Waals surface area contributed by atoms with Gasteiger partial charge in [0.1, 0.15) is 17.2 Å². The molecule has 10 rings (SSSR count). The Bertz CT molecular complexity index is 3480. The van der Waals surface area contributed by atoms with Crippen molar-refractivity contribution < 1.29 is 42.4 Å². The Labute approximate surface area is 402 Å². The van der Waals surface area contributed by atoms with E-state index in [0.717, 1.165) is 32.2 Å². The quantitative estimate of drug-likeness (QED) is 0.106. The van der Waals surface area contributed by atoms with Gasteiger partial charge in [0.15, 0.2) is 44.8 Å². The number of amides is 2. The fourth-order valence-electron chi connectivity index (χ4n) is 7.29. The van der Waals surface area contributed by atoms with Gasteiger partial charge in [-0.05, 0) is 47.5 Å². The predicted molar refractivity (Wildman–Crippen MR) is 267 cm³/mol. The summed E-state index contributed by atoms with van der Waals surface area (Å²) in [5.74, 6) is 3.11. The number of fused-ring (bicyclic) bond motifs is 4. The van der Waals surface area contributed by atoms with E-state index in [0.29, 0.717) is 78.1 Å². The molecular weight excluding hydrogens is 920 g/mol. The number of aromatic nitrogens is 4. The minimum Gasteiger partial charge on any atom is -0.493 e. The molecule has 4 aromatic heterocycles. The van der Waals surface area contributed by atoms with E-state index in [1.54, 1.807) is 64.1 Å². The number of benzene rings is 6. The maximum Gasteiger partial charge on any atom is 0.230 e. The number of carbonyl (C=O) groups is 2. The number of nitrogens with one attached hydrogen (secondary N) is 2. The van der Waals surface area contributed by atoms with Crippen molar-refractivity contribution in [2.75, 3.05) is 39.1 Å². The van der Waals surface area contributed by atoms with Crippen LogP contribution in [0.5, 0.6) is 46.0 Å². The molecule has 2 N–H and O–H groups in total. The maximum atomic E-state index is 14.9. The zero-order valence-electron chi connectivity index (χ0n) is 37.4. The Morgan fingerprint density at radius 3 is 1.49 bits per heavy atom. The molecule has 14 nitrogen and oxygen atoms in total. The van der Waals surface area contributed by atoms with Gasteiger partial charge in [-0.2, -0.15) is 0 Å². The summed E-state index contributed by atoms with van der Waals surface area (Å²) in [6, 6.07) is 38.1. The van der Waals surface area contributed by atoms with E-state index < -0.39 is 5.82 Å².